The minimum atomic E-state index is 0.0274. The van der Waals surface area contributed by atoms with Crippen LogP contribution >= 0.6 is 0 Å². The smallest absolute Gasteiger partial charge is 0.239 e. The normalized spacial score (nSPS) is 19.7. The fourth-order valence-corrected chi connectivity index (χ4v) is 2.65. The van der Waals surface area contributed by atoms with Gasteiger partial charge in [0.2, 0.25) is 5.91 Å². The molecule has 0 aromatic heterocycles. The first-order chi connectivity index (χ1) is 8.91. The zero-order valence-corrected chi connectivity index (χ0v) is 13.3. The van der Waals surface area contributed by atoms with Gasteiger partial charge in [0, 0.05) is 14.1 Å². The molecule has 0 saturated carbocycles. The van der Waals surface area contributed by atoms with E-state index in [4.69, 9.17) is 0 Å². The molecule has 1 N–H and O–H groups in total. The summed E-state index contributed by atoms with van der Waals surface area (Å²) in [5.41, 5.74) is 0. The molecule has 112 valence electrons. The molecule has 4 heteroatoms. The Balaban J connectivity index is 2.26. The lowest BCUT2D eigenvalue weighted by molar-refractivity contribution is -0.134. The second-order valence-electron chi connectivity index (χ2n) is 6.44. The summed E-state index contributed by atoms with van der Waals surface area (Å²) >= 11 is 0. The molecule has 1 saturated heterocycles. The second-order valence-corrected chi connectivity index (χ2v) is 6.44. The molecule has 1 atom stereocenters. The van der Waals surface area contributed by atoms with E-state index in [2.05, 4.69) is 24.1 Å². The van der Waals surface area contributed by atoms with Crippen molar-refractivity contribution >= 4 is 5.91 Å². The van der Waals surface area contributed by atoms with Crippen LogP contribution in [0.1, 0.15) is 33.6 Å². The van der Waals surface area contributed by atoms with E-state index in [-0.39, 0.29) is 11.9 Å². The van der Waals surface area contributed by atoms with E-state index < -0.39 is 0 Å². The minimum Gasteiger partial charge on any atom is -0.347 e. The molecule has 1 amide bonds. The number of likely N-dealkylation sites (N-methyl/N-ethyl adjacent to an activating group) is 1. The fraction of sp³-hybridized carbons (Fsp3) is 0.933. The van der Waals surface area contributed by atoms with Gasteiger partial charge in [0.1, 0.15) is 0 Å². The first-order valence-electron chi connectivity index (χ1n) is 7.57. The highest BCUT2D eigenvalue weighted by molar-refractivity contribution is 5.80. The van der Waals surface area contributed by atoms with Crippen molar-refractivity contribution in [1.82, 2.24) is 15.1 Å². The van der Waals surface area contributed by atoms with Gasteiger partial charge in [-0.15, -0.1) is 0 Å². The maximum absolute atomic E-state index is 11.9. The van der Waals surface area contributed by atoms with Gasteiger partial charge in [0.15, 0.2) is 0 Å². The van der Waals surface area contributed by atoms with Crippen LogP contribution in [0.15, 0.2) is 0 Å². The number of likely N-dealkylation sites (tertiary alicyclic amines) is 1. The number of nitrogens with zero attached hydrogens (tertiary/aromatic N) is 2. The Hall–Kier alpha value is -0.610. The van der Waals surface area contributed by atoms with Gasteiger partial charge in [-0.1, -0.05) is 13.8 Å². The van der Waals surface area contributed by atoms with E-state index in [0.717, 1.165) is 38.0 Å². The highest BCUT2D eigenvalue weighted by atomic mass is 16.2. The Morgan fingerprint density at radius 3 is 2.32 bits per heavy atom. The molecule has 0 aromatic rings. The number of piperidine rings is 1. The Kier molecular flexibility index (Phi) is 6.80. The van der Waals surface area contributed by atoms with Gasteiger partial charge in [-0.2, -0.15) is 0 Å². The van der Waals surface area contributed by atoms with Crippen molar-refractivity contribution < 1.29 is 4.79 Å². The lowest BCUT2D eigenvalue weighted by Crippen LogP contribution is -2.48. The van der Waals surface area contributed by atoms with Crippen LogP contribution in [-0.4, -0.2) is 62.0 Å². The van der Waals surface area contributed by atoms with Crippen molar-refractivity contribution in [2.75, 3.05) is 40.3 Å². The van der Waals surface area contributed by atoms with Crippen molar-refractivity contribution in [1.29, 1.82) is 0 Å². The number of carbonyl (C=O) groups is 1. The van der Waals surface area contributed by atoms with Crippen LogP contribution in [0.3, 0.4) is 0 Å². The Morgan fingerprint density at radius 1 is 1.26 bits per heavy atom. The SMILES string of the molecule is CC(C)CNCC1CCN(C(C)C(=O)N(C)C)CC1. The first-order valence-corrected chi connectivity index (χ1v) is 7.57. The molecule has 1 rings (SSSR count). The van der Waals surface area contributed by atoms with Gasteiger partial charge in [0.05, 0.1) is 6.04 Å². The molecule has 0 spiro atoms. The third kappa shape index (κ3) is 5.49. The van der Waals surface area contributed by atoms with Gasteiger partial charge < -0.3 is 10.2 Å². The van der Waals surface area contributed by atoms with Gasteiger partial charge in [-0.05, 0) is 57.8 Å². The molecular weight excluding hydrogens is 238 g/mol. The highest BCUT2D eigenvalue weighted by Gasteiger charge is 2.27. The molecule has 0 aromatic carbocycles. The van der Waals surface area contributed by atoms with Crippen LogP contribution in [0, 0.1) is 11.8 Å². The molecule has 4 nitrogen and oxygen atoms in total. The maximum atomic E-state index is 11.9. The van der Waals surface area contributed by atoms with E-state index in [9.17, 15) is 4.79 Å². The zero-order chi connectivity index (χ0) is 14.4. The molecule has 0 aliphatic carbocycles. The van der Waals surface area contributed by atoms with E-state index in [0.29, 0.717) is 0 Å². The van der Waals surface area contributed by atoms with Crippen LogP contribution in [0.25, 0.3) is 0 Å². The topological polar surface area (TPSA) is 35.6 Å². The second kappa shape index (κ2) is 7.85. The van der Waals surface area contributed by atoms with Gasteiger partial charge in [-0.25, -0.2) is 0 Å². The summed E-state index contributed by atoms with van der Waals surface area (Å²) in [7, 11) is 3.67. The summed E-state index contributed by atoms with van der Waals surface area (Å²) in [4.78, 5) is 16.0. The summed E-state index contributed by atoms with van der Waals surface area (Å²) < 4.78 is 0. The van der Waals surface area contributed by atoms with Crippen molar-refractivity contribution in [3.63, 3.8) is 0 Å². The zero-order valence-electron chi connectivity index (χ0n) is 13.3. The van der Waals surface area contributed by atoms with Gasteiger partial charge >= 0.3 is 0 Å². The molecule has 0 bridgehead atoms. The molecule has 1 heterocycles. The van der Waals surface area contributed by atoms with Crippen LogP contribution < -0.4 is 5.32 Å². The predicted molar refractivity (Wildman–Crippen MR) is 80.2 cm³/mol. The van der Waals surface area contributed by atoms with Gasteiger partial charge in [0.25, 0.3) is 0 Å². The highest BCUT2D eigenvalue weighted by Crippen LogP contribution is 2.18. The summed E-state index contributed by atoms with van der Waals surface area (Å²) in [5.74, 6) is 1.71. The summed E-state index contributed by atoms with van der Waals surface area (Å²) in [6, 6.07) is 0.0274. The molecule has 0 radical (unpaired) electrons. The van der Waals surface area contributed by atoms with Crippen LogP contribution in [0.5, 0.6) is 0 Å². The van der Waals surface area contributed by atoms with Gasteiger partial charge in [-0.3, -0.25) is 9.69 Å². The average molecular weight is 269 g/mol. The lowest BCUT2D eigenvalue weighted by atomic mass is 9.95. The Morgan fingerprint density at radius 2 is 1.84 bits per heavy atom. The average Bonchev–Trinajstić information content (AvgIpc) is 2.37. The molecule has 1 unspecified atom stereocenters. The van der Waals surface area contributed by atoms with Crippen molar-refractivity contribution in [3.8, 4) is 0 Å². The summed E-state index contributed by atoms with van der Waals surface area (Å²) in [6.45, 7) is 10.8. The largest absolute Gasteiger partial charge is 0.347 e. The molecule has 1 aliphatic heterocycles. The van der Waals surface area contributed by atoms with E-state index in [1.807, 2.05) is 21.0 Å². The Labute approximate surface area is 118 Å². The van der Waals surface area contributed by atoms with Crippen LogP contribution in [0.2, 0.25) is 0 Å². The quantitative estimate of drug-likeness (QED) is 0.792. The van der Waals surface area contributed by atoms with Crippen molar-refractivity contribution in [3.05, 3.63) is 0 Å². The maximum Gasteiger partial charge on any atom is 0.239 e. The standard InChI is InChI=1S/C15H31N3O/c1-12(2)10-16-11-14-6-8-18(9-7-14)13(3)15(19)17(4)5/h12-14,16H,6-11H2,1-5H3. The number of hydrogen-bond donors (Lipinski definition) is 1. The Bertz CT molecular complexity index is 271. The molecule has 1 fully saturated rings. The van der Waals surface area contributed by atoms with Crippen LogP contribution in [0.4, 0.5) is 0 Å². The van der Waals surface area contributed by atoms with E-state index >= 15 is 0 Å². The number of hydrogen-bond acceptors (Lipinski definition) is 3. The predicted octanol–water partition coefficient (Wildman–Crippen LogP) is 1.42. The minimum absolute atomic E-state index is 0.0274. The molecule has 19 heavy (non-hydrogen) atoms. The van der Waals surface area contributed by atoms with Crippen LogP contribution in [-0.2, 0) is 4.79 Å². The monoisotopic (exact) mass is 269 g/mol. The first kappa shape index (κ1) is 16.4. The fourth-order valence-electron chi connectivity index (χ4n) is 2.65. The van der Waals surface area contributed by atoms with Crippen molar-refractivity contribution in [2.45, 2.75) is 39.7 Å². The number of carbonyl (C=O) groups excluding carboxylic acids is 1. The molecule has 1 aliphatic rings. The summed E-state index contributed by atoms with van der Waals surface area (Å²) in [5, 5.41) is 3.55. The number of amides is 1. The van der Waals surface area contributed by atoms with Crippen molar-refractivity contribution in [2.24, 2.45) is 11.8 Å². The summed E-state index contributed by atoms with van der Waals surface area (Å²) in [6.07, 6.45) is 2.41. The number of rotatable bonds is 6. The molecular formula is C15H31N3O. The van der Waals surface area contributed by atoms with E-state index in [1.54, 1.807) is 4.90 Å². The third-order valence-corrected chi connectivity index (χ3v) is 3.98. The lowest BCUT2D eigenvalue weighted by Gasteiger charge is -2.36. The number of nitrogens with one attached hydrogen (secondary N) is 1. The third-order valence-electron chi connectivity index (χ3n) is 3.98. The van der Waals surface area contributed by atoms with E-state index in [1.165, 1.54) is 12.8 Å².